The molecule has 0 heterocycles. The van der Waals surface area contributed by atoms with Crippen molar-refractivity contribution in [3.63, 3.8) is 0 Å². The molecule has 0 aliphatic carbocycles. The SMILES string of the molecule is CCC(C(=O)NCC(C)C)N(Cc1ccccc1C)C(=O)CN(c1ccccc1)S(=O)(=O)c1ccc(Cl)cc1. The minimum absolute atomic E-state index is 0.00993. The first-order valence-corrected chi connectivity index (χ1v) is 14.8. The zero-order valence-corrected chi connectivity index (χ0v) is 24.4. The maximum atomic E-state index is 14.0. The van der Waals surface area contributed by atoms with E-state index in [1.54, 1.807) is 30.3 Å². The number of carbonyl (C=O) groups is 2. The number of sulfonamides is 1. The Morgan fingerprint density at radius 1 is 0.923 bits per heavy atom. The van der Waals surface area contributed by atoms with Crippen LogP contribution >= 0.6 is 11.6 Å². The van der Waals surface area contributed by atoms with E-state index in [1.807, 2.05) is 52.0 Å². The molecular formula is C30H36ClN3O4S. The van der Waals surface area contributed by atoms with Crippen molar-refractivity contribution in [2.24, 2.45) is 5.92 Å². The molecule has 1 unspecified atom stereocenters. The average molecular weight is 570 g/mol. The number of aryl methyl sites for hydroxylation is 1. The molecule has 9 heteroatoms. The number of para-hydroxylation sites is 1. The lowest BCUT2D eigenvalue weighted by Crippen LogP contribution is -2.52. The van der Waals surface area contributed by atoms with Crippen LogP contribution in [0.25, 0.3) is 0 Å². The van der Waals surface area contributed by atoms with Crippen molar-refractivity contribution in [2.45, 2.75) is 51.6 Å². The van der Waals surface area contributed by atoms with Gasteiger partial charge in [-0.1, -0.05) is 74.8 Å². The maximum absolute atomic E-state index is 14.0. The van der Waals surface area contributed by atoms with Crippen molar-refractivity contribution in [3.05, 3.63) is 95.0 Å². The van der Waals surface area contributed by atoms with Crippen LogP contribution in [0, 0.1) is 12.8 Å². The summed E-state index contributed by atoms with van der Waals surface area (Å²) < 4.78 is 28.7. The molecule has 1 atom stereocenters. The summed E-state index contributed by atoms with van der Waals surface area (Å²) in [6.07, 6.45) is 0.372. The maximum Gasteiger partial charge on any atom is 0.264 e. The van der Waals surface area contributed by atoms with Crippen molar-refractivity contribution < 1.29 is 18.0 Å². The van der Waals surface area contributed by atoms with E-state index in [0.717, 1.165) is 15.4 Å². The summed E-state index contributed by atoms with van der Waals surface area (Å²) in [6, 6.07) is 21.2. The molecule has 0 fully saturated rings. The largest absolute Gasteiger partial charge is 0.354 e. The van der Waals surface area contributed by atoms with Crippen molar-refractivity contribution in [1.29, 1.82) is 0 Å². The molecule has 0 radical (unpaired) electrons. The Hall–Kier alpha value is -3.36. The molecule has 0 saturated heterocycles. The topological polar surface area (TPSA) is 86.8 Å². The third-order valence-corrected chi connectivity index (χ3v) is 8.44. The Kier molecular flexibility index (Phi) is 10.5. The first kappa shape index (κ1) is 30.2. The quantitative estimate of drug-likeness (QED) is 0.315. The zero-order valence-electron chi connectivity index (χ0n) is 22.8. The highest BCUT2D eigenvalue weighted by atomic mass is 35.5. The molecule has 0 aromatic heterocycles. The lowest BCUT2D eigenvalue weighted by Gasteiger charge is -2.33. The molecule has 3 aromatic carbocycles. The second-order valence-corrected chi connectivity index (χ2v) is 12.1. The van der Waals surface area contributed by atoms with Crippen LogP contribution in [0.15, 0.2) is 83.8 Å². The number of anilines is 1. The Labute approximate surface area is 236 Å². The van der Waals surface area contributed by atoms with Gasteiger partial charge in [0.05, 0.1) is 10.6 Å². The van der Waals surface area contributed by atoms with Gasteiger partial charge in [-0.2, -0.15) is 0 Å². The molecule has 208 valence electrons. The standard InChI is InChI=1S/C30H36ClN3O4S/c1-5-28(30(36)32-19-22(2)3)33(20-24-12-10-9-11-23(24)4)29(35)21-34(26-13-7-6-8-14-26)39(37,38)27-17-15-25(31)16-18-27/h6-18,22,28H,5,19-21H2,1-4H3,(H,32,36). The minimum atomic E-state index is -4.13. The van der Waals surface area contributed by atoms with Crippen molar-refractivity contribution in [3.8, 4) is 0 Å². The van der Waals surface area contributed by atoms with Gasteiger partial charge in [-0.25, -0.2) is 8.42 Å². The normalized spacial score (nSPS) is 12.2. The lowest BCUT2D eigenvalue weighted by molar-refractivity contribution is -0.140. The fourth-order valence-electron chi connectivity index (χ4n) is 4.17. The number of hydrogen-bond donors (Lipinski definition) is 1. The van der Waals surface area contributed by atoms with E-state index in [2.05, 4.69) is 5.32 Å². The molecule has 2 amide bonds. The fourth-order valence-corrected chi connectivity index (χ4v) is 5.71. The summed E-state index contributed by atoms with van der Waals surface area (Å²) in [5, 5.41) is 3.34. The van der Waals surface area contributed by atoms with Crippen LogP contribution < -0.4 is 9.62 Å². The molecule has 1 N–H and O–H groups in total. The van der Waals surface area contributed by atoms with E-state index in [1.165, 1.54) is 29.2 Å². The molecule has 39 heavy (non-hydrogen) atoms. The van der Waals surface area contributed by atoms with E-state index in [9.17, 15) is 18.0 Å². The smallest absolute Gasteiger partial charge is 0.264 e. The molecule has 0 aliphatic rings. The summed E-state index contributed by atoms with van der Waals surface area (Å²) in [5.74, 6) is -0.504. The average Bonchev–Trinajstić information content (AvgIpc) is 2.92. The Morgan fingerprint density at radius 2 is 1.54 bits per heavy atom. The first-order valence-electron chi connectivity index (χ1n) is 13.0. The van der Waals surface area contributed by atoms with Gasteiger partial charge in [0.2, 0.25) is 11.8 Å². The van der Waals surface area contributed by atoms with Crippen molar-refractivity contribution in [2.75, 3.05) is 17.4 Å². The van der Waals surface area contributed by atoms with Crippen molar-refractivity contribution >= 4 is 39.1 Å². The molecule has 7 nitrogen and oxygen atoms in total. The van der Waals surface area contributed by atoms with Gasteiger partial charge < -0.3 is 10.2 Å². The summed E-state index contributed by atoms with van der Waals surface area (Å²) in [4.78, 5) is 28.8. The predicted octanol–water partition coefficient (Wildman–Crippen LogP) is 5.42. The van der Waals surface area contributed by atoms with E-state index in [0.29, 0.717) is 23.7 Å². The van der Waals surface area contributed by atoms with Gasteiger partial charge in [-0.3, -0.25) is 13.9 Å². The van der Waals surface area contributed by atoms with Crippen LogP contribution in [-0.4, -0.2) is 44.3 Å². The van der Waals surface area contributed by atoms with Gasteiger partial charge in [-0.05, 0) is 66.8 Å². The van der Waals surface area contributed by atoms with E-state index in [-0.39, 0.29) is 23.3 Å². The van der Waals surface area contributed by atoms with Crippen LogP contribution in [0.1, 0.15) is 38.3 Å². The highest BCUT2D eigenvalue weighted by Gasteiger charge is 2.33. The third-order valence-electron chi connectivity index (χ3n) is 6.40. The number of nitrogens with one attached hydrogen (secondary N) is 1. The summed E-state index contributed by atoms with van der Waals surface area (Å²) in [7, 11) is -4.13. The Balaban J connectivity index is 2.03. The number of benzene rings is 3. The number of nitrogens with zero attached hydrogens (tertiary/aromatic N) is 2. The molecule has 0 spiro atoms. The van der Waals surface area contributed by atoms with Crippen LogP contribution in [-0.2, 0) is 26.2 Å². The predicted molar refractivity (Wildman–Crippen MR) is 156 cm³/mol. The van der Waals surface area contributed by atoms with E-state index >= 15 is 0 Å². The molecule has 0 saturated carbocycles. The summed E-state index contributed by atoms with van der Waals surface area (Å²) >= 11 is 5.99. The van der Waals surface area contributed by atoms with Gasteiger partial charge in [0.1, 0.15) is 12.6 Å². The minimum Gasteiger partial charge on any atom is -0.354 e. The van der Waals surface area contributed by atoms with Gasteiger partial charge >= 0.3 is 0 Å². The number of halogens is 1. The Morgan fingerprint density at radius 3 is 2.13 bits per heavy atom. The molecule has 3 rings (SSSR count). The number of hydrogen-bond acceptors (Lipinski definition) is 4. The third kappa shape index (κ3) is 7.83. The van der Waals surface area contributed by atoms with E-state index < -0.39 is 28.5 Å². The second kappa shape index (κ2) is 13.6. The van der Waals surface area contributed by atoms with Crippen molar-refractivity contribution in [1.82, 2.24) is 10.2 Å². The number of amides is 2. The highest BCUT2D eigenvalue weighted by molar-refractivity contribution is 7.92. The lowest BCUT2D eigenvalue weighted by atomic mass is 10.1. The number of carbonyl (C=O) groups excluding carboxylic acids is 2. The molecule has 0 bridgehead atoms. The van der Waals surface area contributed by atoms with Gasteiger partial charge in [0, 0.05) is 18.1 Å². The zero-order chi connectivity index (χ0) is 28.6. The van der Waals surface area contributed by atoms with Gasteiger partial charge in [0.15, 0.2) is 0 Å². The van der Waals surface area contributed by atoms with Crippen LogP contribution in [0.3, 0.4) is 0 Å². The first-order chi connectivity index (χ1) is 18.5. The fraction of sp³-hybridized carbons (Fsp3) is 0.333. The van der Waals surface area contributed by atoms with Crippen LogP contribution in [0.5, 0.6) is 0 Å². The van der Waals surface area contributed by atoms with Gasteiger partial charge in [-0.15, -0.1) is 0 Å². The summed E-state index contributed by atoms with van der Waals surface area (Å²) in [6.45, 7) is 7.95. The van der Waals surface area contributed by atoms with Crippen LogP contribution in [0.4, 0.5) is 5.69 Å². The highest BCUT2D eigenvalue weighted by Crippen LogP contribution is 2.26. The number of rotatable bonds is 12. The van der Waals surface area contributed by atoms with E-state index in [4.69, 9.17) is 11.6 Å². The van der Waals surface area contributed by atoms with Gasteiger partial charge in [0.25, 0.3) is 10.0 Å². The summed E-state index contributed by atoms with van der Waals surface area (Å²) in [5.41, 5.74) is 2.20. The second-order valence-electron chi connectivity index (χ2n) is 9.81. The monoisotopic (exact) mass is 569 g/mol. The molecule has 3 aromatic rings. The molecular weight excluding hydrogens is 534 g/mol. The Bertz CT molecular complexity index is 1360. The van der Waals surface area contributed by atoms with Crippen LogP contribution in [0.2, 0.25) is 5.02 Å². The molecule has 0 aliphatic heterocycles.